The van der Waals surface area contributed by atoms with Crippen LogP contribution in [-0.2, 0) is 30.5 Å². The molecule has 4 aromatic carbocycles. The van der Waals surface area contributed by atoms with Gasteiger partial charge in [0.1, 0.15) is 12.4 Å². The second-order valence-electron chi connectivity index (χ2n) is 9.49. The molecule has 1 N–H and O–H groups in total. The molecule has 4 aromatic rings. The predicted molar refractivity (Wildman–Crippen MR) is 155 cm³/mol. The minimum absolute atomic E-state index is 0.374. The van der Waals surface area contributed by atoms with Gasteiger partial charge >= 0.3 is 5.97 Å². The van der Waals surface area contributed by atoms with E-state index in [1.165, 1.54) is 40.6 Å². The van der Waals surface area contributed by atoms with E-state index in [2.05, 4.69) is 85.0 Å². The summed E-state index contributed by atoms with van der Waals surface area (Å²) in [5.74, 6) is 0.264. The van der Waals surface area contributed by atoms with E-state index in [0.29, 0.717) is 17.9 Å². The summed E-state index contributed by atoms with van der Waals surface area (Å²) in [5.41, 5.74) is 10.4. The van der Waals surface area contributed by atoms with Crippen LogP contribution in [0.3, 0.4) is 0 Å². The average molecular weight is 504 g/mol. The lowest BCUT2D eigenvalue weighted by Gasteiger charge is -2.24. The number of carbonyl (C=O) groups is 1. The number of methoxy groups -OCH3 is 1. The zero-order chi connectivity index (χ0) is 26.3. The Morgan fingerprint density at radius 2 is 1.66 bits per heavy atom. The monoisotopic (exact) mass is 503 g/mol. The Morgan fingerprint density at radius 1 is 0.868 bits per heavy atom. The SMILES string of the molecule is CCc1cccc2c1CNc1c(cccc1CCc1ccccc1)/C=C\2COc1cccc(C(=O)OC)c1. The van der Waals surface area contributed by atoms with Gasteiger partial charge in [0.2, 0.25) is 0 Å². The number of hydrogen-bond acceptors (Lipinski definition) is 4. The van der Waals surface area contributed by atoms with Crippen molar-refractivity contribution in [3.05, 3.63) is 130 Å². The number of nitrogens with one attached hydrogen (secondary N) is 1. The Kier molecular flexibility index (Phi) is 7.89. The molecule has 1 heterocycles. The minimum Gasteiger partial charge on any atom is -0.489 e. The maximum absolute atomic E-state index is 12.0. The maximum atomic E-state index is 12.0. The maximum Gasteiger partial charge on any atom is 0.337 e. The van der Waals surface area contributed by atoms with Gasteiger partial charge in [-0.1, -0.05) is 79.7 Å². The quantitative estimate of drug-likeness (QED) is 0.255. The Hall–Kier alpha value is -4.31. The predicted octanol–water partition coefficient (Wildman–Crippen LogP) is 7.37. The molecule has 0 atom stereocenters. The molecule has 0 unspecified atom stereocenters. The second kappa shape index (κ2) is 11.8. The van der Waals surface area contributed by atoms with Gasteiger partial charge < -0.3 is 14.8 Å². The third-order valence-corrected chi connectivity index (χ3v) is 7.13. The molecule has 0 bridgehead atoms. The molecule has 0 aliphatic carbocycles. The van der Waals surface area contributed by atoms with Gasteiger partial charge in [-0.15, -0.1) is 0 Å². The first kappa shape index (κ1) is 25.3. The summed E-state index contributed by atoms with van der Waals surface area (Å²) in [7, 11) is 1.39. The molecule has 0 saturated heterocycles. The molecule has 4 nitrogen and oxygen atoms in total. The highest BCUT2D eigenvalue weighted by Crippen LogP contribution is 2.34. The molecule has 5 rings (SSSR count). The molecule has 192 valence electrons. The number of para-hydroxylation sites is 1. The molecule has 1 aliphatic rings. The minimum atomic E-state index is -0.374. The van der Waals surface area contributed by atoms with E-state index < -0.39 is 0 Å². The number of esters is 1. The summed E-state index contributed by atoms with van der Waals surface area (Å²) in [6, 6.07) is 30.8. The number of anilines is 1. The molecule has 38 heavy (non-hydrogen) atoms. The highest BCUT2D eigenvalue weighted by atomic mass is 16.5. The fourth-order valence-corrected chi connectivity index (χ4v) is 5.12. The smallest absolute Gasteiger partial charge is 0.337 e. The van der Waals surface area contributed by atoms with Crippen LogP contribution in [-0.4, -0.2) is 19.7 Å². The van der Waals surface area contributed by atoms with Gasteiger partial charge in [0.05, 0.1) is 12.7 Å². The lowest BCUT2D eigenvalue weighted by atomic mass is 9.90. The van der Waals surface area contributed by atoms with Crippen LogP contribution < -0.4 is 10.1 Å². The van der Waals surface area contributed by atoms with Crippen LogP contribution in [0.2, 0.25) is 0 Å². The highest BCUT2D eigenvalue weighted by molar-refractivity contribution is 5.90. The van der Waals surface area contributed by atoms with Crippen molar-refractivity contribution in [2.75, 3.05) is 19.0 Å². The van der Waals surface area contributed by atoms with Crippen LogP contribution in [0, 0.1) is 0 Å². The summed E-state index contributed by atoms with van der Waals surface area (Å²) >= 11 is 0. The van der Waals surface area contributed by atoms with Crippen molar-refractivity contribution in [1.29, 1.82) is 0 Å². The first-order valence-corrected chi connectivity index (χ1v) is 13.2. The highest BCUT2D eigenvalue weighted by Gasteiger charge is 2.18. The van der Waals surface area contributed by atoms with Gasteiger partial charge in [0, 0.05) is 12.2 Å². The Morgan fingerprint density at radius 3 is 2.47 bits per heavy atom. The third kappa shape index (κ3) is 5.65. The van der Waals surface area contributed by atoms with Crippen molar-refractivity contribution in [1.82, 2.24) is 0 Å². The van der Waals surface area contributed by atoms with Gasteiger partial charge in [-0.25, -0.2) is 4.79 Å². The molecule has 4 heteroatoms. The third-order valence-electron chi connectivity index (χ3n) is 7.13. The van der Waals surface area contributed by atoms with Crippen LogP contribution in [0.15, 0.2) is 91.0 Å². The summed E-state index contributed by atoms with van der Waals surface area (Å²) in [6.07, 6.45) is 5.16. The standard InChI is InChI=1S/C34H33NO3/c1-3-25-12-9-17-31-29(23-38-30-16-8-15-28(21-30)34(36)37-2)20-27-14-7-13-26(33(27)35-22-32(25)31)19-18-24-10-5-4-6-11-24/h4-17,20-21,35H,3,18-19,22-23H2,1-2H3/b29-20-. The van der Waals surface area contributed by atoms with Gasteiger partial charge in [0.25, 0.3) is 0 Å². The van der Waals surface area contributed by atoms with E-state index >= 15 is 0 Å². The largest absolute Gasteiger partial charge is 0.489 e. The van der Waals surface area contributed by atoms with Crippen molar-refractivity contribution in [2.45, 2.75) is 32.7 Å². The molecule has 0 radical (unpaired) electrons. The topological polar surface area (TPSA) is 47.6 Å². The normalized spacial score (nSPS) is 13.6. The van der Waals surface area contributed by atoms with Gasteiger partial charge in [-0.2, -0.15) is 0 Å². The van der Waals surface area contributed by atoms with Crippen LogP contribution >= 0.6 is 0 Å². The van der Waals surface area contributed by atoms with Crippen molar-refractivity contribution in [3.63, 3.8) is 0 Å². The molecule has 0 spiro atoms. The van der Waals surface area contributed by atoms with Crippen molar-refractivity contribution in [2.24, 2.45) is 0 Å². The van der Waals surface area contributed by atoms with Crippen LogP contribution in [0.1, 0.15) is 50.7 Å². The lowest BCUT2D eigenvalue weighted by molar-refractivity contribution is 0.0600. The molecule has 1 aliphatic heterocycles. The van der Waals surface area contributed by atoms with Crippen LogP contribution in [0.5, 0.6) is 5.75 Å². The Balaban J connectivity index is 1.50. The fourth-order valence-electron chi connectivity index (χ4n) is 5.12. The van der Waals surface area contributed by atoms with Crippen molar-refractivity contribution >= 4 is 23.3 Å². The van der Waals surface area contributed by atoms with Crippen LogP contribution in [0.25, 0.3) is 11.6 Å². The Bertz CT molecular complexity index is 1460. The van der Waals surface area contributed by atoms with E-state index in [0.717, 1.165) is 36.9 Å². The molecule has 0 amide bonds. The van der Waals surface area contributed by atoms with E-state index in [9.17, 15) is 4.79 Å². The van der Waals surface area contributed by atoms with Crippen molar-refractivity contribution in [3.8, 4) is 5.75 Å². The van der Waals surface area contributed by atoms with Crippen LogP contribution in [0.4, 0.5) is 5.69 Å². The number of fused-ring (bicyclic) bond motifs is 2. The number of hydrogen-bond donors (Lipinski definition) is 1. The Labute approximate surface area is 224 Å². The fraction of sp³-hybridized carbons (Fsp3) is 0.206. The molecule has 0 aromatic heterocycles. The van der Waals surface area contributed by atoms with Gasteiger partial charge in [0.15, 0.2) is 0 Å². The first-order chi connectivity index (χ1) is 18.7. The van der Waals surface area contributed by atoms with Gasteiger partial charge in [-0.3, -0.25) is 0 Å². The lowest BCUT2D eigenvalue weighted by Crippen LogP contribution is -2.13. The van der Waals surface area contributed by atoms with Crippen molar-refractivity contribution < 1.29 is 14.3 Å². The van der Waals surface area contributed by atoms with Gasteiger partial charge in [-0.05, 0) is 82.5 Å². The number of ether oxygens (including phenoxy) is 2. The zero-order valence-electron chi connectivity index (χ0n) is 22.0. The summed E-state index contributed by atoms with van der Waals surface area (Å²) in [5, 5.41) is 3.78. The number of rotatable bonds is 8. The van der Waals surface area contributed by atoms with E-state index in [-0.39, 0.29) is 5.97 Å². The molecule has 0 fully saturated rings. The average Bonchev–Trinajstić information content (AvgIpc) is 2.96. The number of carbonyl (C=O) groups excluding carboxylic acids is 1. The summed E-state index contributed by atoms with van der Waals surface area (Å²) in [4.78, 5) is 12.0. The molecule has 0 saturated carbocycles. The van der Waals surface area contributed by atoms with E-state index in [1.54, 1.807) is 12.1 Å². The van der Waals surface area contributed by atoms with E-state index in [4.69, 9.17) is 9.47 Å². The first-order valence-electron chi connectivity index (χ1n) is 13.2. The zero-order valence-corrected chi connectivity index (χ0v) is 22.0. The molecular formula is C34H33NO3. The summed E-state index contributed by atoms with van der Waals surface area (Å²) in [6.45, 7) is 3.34. The second-order valence-corrected chi connectivity index (χ2v) is 9.49. The number of benzene rings is 4. The molecular weight excluding hydrogens is 470 g/mol. The van der Waals surface area contributed by atoms with E-state index in [1.807, 2.05) is 12.1 Å². The summed E-state index contributed by atoms with van der Waals surface area (Å²) < 4.78 is 11.1. The number of aryl methyl sites for hydroxylation is 3.